The minimum Gasteiger partial charge on any atom is -0.397 e. The molecule has 0 saturated carbocycles. The van der Waals surface area contributed by atoms with Crippen molar-refractivity contribution in [3.8, 4) is 5.69 Å². The Morgan fingerprint density at radius 2 is 2.21 bits per heavy atom. The fraction of sp³-hybridized carbons (Fsp3) is 0.214. The van der Waals surface area contributed by atoms with Crippen LogP contribution in [0.3, 0.4) is 0 Å². The summed E-state index contributed by atoms with van der Waals surface area (Å²) in [6.45, 7) is 4.07. The third kappa shape index (κ3) is 1.93. The van der Waals surface area contributed by atoms with Crippen LogP contribution in [0.2, 0.25) is 0 Å². The van der Waals surface area contributed by atoms with Crippen LogP contribution in [0.5, 0.6) is 0 Å². The molecule has 0 amide bonds. The molecule has 0 spiro atoms. The van der Waals surface area contributed by atoms with Gasteiger partial charge in [-0.3, -0.25) is 0 Å². The first kappa shape index (κ1) is 11.6. The van der Waals surface area contributed by atoms with Crippen molar-refractivity contribution in [2.24, 2.45) is 0 Å². The topological polar surface area (TPSA) is 59.1 Å². The summed E-state index contributed by atoms with van der Waals surface area (Å²) in [6, 6.07) is 6.04. The quantitative estimate of drug-likeness (QED) is 0.806. The maximum Gasteiger partial charge on any atom is 0.110 e. The van der Waals surface area contributed by atoms with E-state index in [1.807, 2.05) is 42.2 Å². The van der Waals surface area contributed by atoms with Crippen LogP contribution >= 0.6 is 0 Å². The molecule has 0 fully saturated rings. The van der Waals surface area contributed by atoms with Crippen LogP contribution in [0.25, 0.3) is 5.69 Å². The van der Waals surface area contributed by atoms with Crippen molar-refractivity contribution in [3.63, 3.8) is 0 Å². The van der Waals surface area contributed by atoms with Gasteiger partial charge in [0.1, 0.15) is 5.82 Å². The Balaban J connectivity index is 2.06. The van der Waals surface area contributed by atoms with Gasteiger partial charge in [0.2, 0.25) is 0 Å². The lowest BCUT2D eigenvalue weighted by Gasteiger charge is -2.23. The number of imidazole rings is 1. The number of nitrogens with two attached hydrogens (primary N) is 1. The molecule has 2 heterocycles. The smallest absolute Gasteiger partial charge is 0.110 e. The van der Waals surface area contributed by atoms with Crippen molar-refractivity contribution >= 4 is 11.4 Å². The van der Waals surface area contributed by atoms with Gasteiger partial charge in [-0.1, -0.05) is 0 Å². The average Bonchev–Trinajstić information content (AvgIpc) is 2.99. The largest absolute Gasteiger partial charge is 0.397 e. The highest BCUT2D eigenvalue weighted by atomic mass is 15.3. The molecule has 1 aromatic heterocycles. The molecule has 5 nitrogen and oxygen atoms in total. The van der Waals surface area contributed by atoms with Gasteiger partial charge in [0.15, 0.2) is 0 Å². The zero-order valence-corrected chi connectivity index (χ0v) is 11.0. The van der Waals surface area contributed by atoms with Crippen LogP contribution in [0, 0.1) is 6.92 Å². The van der Waals surface area contributed by atoms with Gasteiger partial charge in [-0.2, -0.15) is 0 Å². The number of aromatic nitrogens is 2. The first-order valence-electron chi connectivity index (χ1n) is 6.28. The fourth-order valence-electron chi connectivity index (χ4n) is 2.32. The fourth-order valence-corrected chi connectivity index (χ4v) is 2.32. The van der Waals surface area contributed by atoms with E-state index >= 15 is 0 Å². The molecule has 98 valence electrons. The van der Waals surface area contributed by atoms with Gasteiger partial charge in [0.25, 0.3) is 0 Å². The summed E-state index contributed by atoms with van der Waals surface area (Å²) in [5, 5.41) is 3.24. The van der Waals surface area contributed by atoms with Crippen LogP contribution in [0.1, 0.15) is 12.7 Å². The minimum atomic E-state index is 0.250. The Bertz CT molecular complexity index is 629. The van der Waals surface area contributed by atoms with Crippen LogP contribution in [0.4, 0.5) is 11.4 Å². The van der Waals surface area contributed by atoms with E-state index in [9.17, 15) is 0 Å². The molecule has 1 atom stereocenters. The molecule has 0 radical (unpaired) electrons. The maximum absolute atomic E-state index is 6.08. The van der Waals surface area contributed by atoms with Crippen LogP contribution in [0.15, 0.2) is 43.0 Å². The second-order valence-electron chi connectivity index (χ2n) is 4.65. The van der Waals surface area contributed by atoms with Crippen molar-refractivity contribution in [1.82, 2.24) is 14.9 Å². The molecule has 1 aliphatic heterocycles. The predicted molar refractivity (Wildman–Crippen MR) is 76.9 cm³/mol. The number of rotatable bonds is 2. The standard InChI is InChI=1S/C14H17N5/c1-10-16-5-7-18(10)12-3-4-13(15)14(9-12)19-8-6-17-11(19)2/h3-10,16H,15H2,1-2H3. The molecule has 1 aromatic carbocycles. The van der Waals surface area contributed by atoms with E-state index in [1.165, 1.54) is 0 Å². The lowest BCUT2D eigenvalue weighted by molar-refractivity contribution is 0.684. The molecule has 5 heteroatoms. The van der Waals surface area contributed by atoms with Gasteiger partial charge in [-0.05, 0) is 32.0 Å². The Kier molecular flexibility index (Phi) is 2.67. The SMILES string of the molecule is Cc1nccn1-c1cc(N2C=CNC2C)ccc1N. The zero-order valence-electron chi connectivity index (χ0n) is 11.0. The summed E-state index contributed by atoms with van der Waals surface area (Å²) in [7, 11) is 0. The summed E-state index contributed by atoms with van der Waals surface area (Å²) in [5.74, 6) is 0.923. The number of nitrogens with one attached hydrogen (secondary N) is 1. The van der Waals surface area contributed by atoms with E-state index in [2.05, 4.69) is 28.2 Å². The van der Waals surface area contributed by atoms with Crippen LogP contribution in [-0.4, -0.2) is 15.7 Å². The van der Waals surface area contributed by atoms with Crippen LogP contribution in [-0.2, 0) is 0 Å². The predicted octanol–water partition coefficient (Wildman–Crippen LogP) is 1.99. The summed E-state index contributed by atoms with van der Waals surface area (Å²) in [5.41, 5.74) is 8.89. The highest BCUT2D eigenvalue weighted by molar-refractivity contribution is 5.67. The minimum absolute atomic E-state index is 0.250. The summed E-state index contributed by atoms with van der Waals surface area (Å²) < 4.78 is 2.00. The van der Waals surface area contributed by atoms with Gasteiger partial charge < -0.3 is 20.5 Å². The summed E-state index contributed by atoms with van der Waals surface area (Å²) >= 11 is 0. The van der Waals surface area contributed by atoms with E-state index in [-0.39, 0.29) is 6.17 Å². The highest BCUT2D eigenvalue weighted by Gasteiger charge is 2.16. The average molecular weight is 255 g/mol. The molecular weight excluding hydrogens is 238 g/mol. The normalized spacial score (nSPS) is 17.8. The second-order valence-corrected chi connectivity index (χ2v) is 4.65. The molecule has 1 aliphatic rings. The Morgan fingerprint density at radius 3 is 2.84 bits per heavy atom. The number of hydrogen-bond donors (Lipinski definition) is 2. The highest BCUT2D eigenvalue weighted by Crippen LogP contribution is 2.27. The van der Waals surface area contributed by atoms with Crippen molar-refractivity contribution < 1.29 is 0 Å². The Hall–Kier alpha value is -2.43. The van der Waals surface area contributed by atoms with Gasteiger partial charge in [-0.25, -0.2) is 4.98 Å². The van der Waals surface area contributed by atoms with E-state index in [0.717, 1.165) is 22.9 Å². The first-order chi connectivity index (χ1) is 9.16. The second kappa shape index (κ2) is 4.35. The molecular formula is C14H17N5. The number of anilines is 2. The van der Waals surface area contributed by atoms with Gasteiger partial charge in [0.05, 0.1) is 17.5 Å². The first-order valence-corrected chi connectivity index (χ1v) is 6.28. The molecule has 0 aliphatic carbocycles. The molecule has 2 aromatic rings. The number of aryl methyl sites for hydroxylation is 1. The van der Waals surface area contributed by atoms with Crippen molar-refractivity contribution in [2.75, 3.05) is 10.6 Å². The molecule has 3 rings (SSSR count). The maximum atomic E-state index is 6.08. The monoisotopic (exact) mass is 255 g/mol. The van der Waals surface area contributed by atoms with Crippen molar-refractivity contribution in [2.45, 2.75) is 20.0 Å². The van der Waals surface area contributed by atoms with E-state index in [4.69, 9.17) is 5.73 Å². The van der Waals surface area contributed by atoms with Crippen molar-refractivity contribution in [3.05, 3.63) is 48.8 Å². The van der Waals surface area contributed by atoms with Crippen molar-refractivity contribution in [1.29, 1.82) is 0 Å². The van der Waals surface area contributed by atoms with E-state index in [1.54, 1.807) is 6.20 Å². The Morgan fingerprint density at radius 1 is 1.37 bits per heavy atom. The van der Waals surface area contributed by atoms with Gasteiger partial charge >= 0.3 is 0 Å². The molecule has 0 saturated heterocycles. The molecule has 1 unspecified atom stereocenters. The van der Waals surface area contributed by atoms with Gasteiger partial charge in [0, 0.05) is 30.5 Å². The van der Waals surface area contributed by atoms with E-state index < -0.39 is 0 Å². The summed E-state index contributed by atoms with van der Waals surface area (Å²) in [4.78, 5) is 6.41. The molecule has 3 N–H and O–H groups in total. The molecule has 0 bridgehead atoms. The zero-order chi connectivity index (χ0) is 13.4. The number of nitrogen functional groups attached to an aromatic ring is 1. The number of nitrogens with zero attached hydrogens (tertiary/aromatic N) is 3. The third-order valence-corrected chi connectivity index (χ3v) is 3.39. The van der Waals surface area contributed by atoms with E-state index in [0.29, 0.717) is 0 Å². The number of benzene rings is 1. The lowest BCUT2D eigenvalue weighted by atomic mass is 10.2. The molecule has 19 heavy (non-hydrogen) atoms. The van der Waals surface area contributed by atoms with Gasteiger partial charge in [-0.15, -0.1) is 0 Å². The lowest BCUT2D eigenvalue weighted by Crippen LogP contribution is -2.31. The summed E-state index contributed by atoms with van der Waals surface area (Å²) in [6.07, 6.45) is 7.93. The third-order valence-electron chi connectivity index (χ3n) is 3.39. The van der Waals surface area contributed by atoms with Crippen LogP contribution < -0.4 is 16.0 Å². The Labute approximate surface area is 112 Å². The number of hydrogen-bond acceptors (Lipinski definition) is 4.